The highest BCUT2D eigenvalue weighted by Gasteiger charge is 2.47. The molecule has 1 amide bonds. The van der Waals surface area contributed by atoms with Crippen LogP contribution >= 0.6 is 11.3 Å². The lowest BCUT2D eigenvalue weighted by molar-refractivity contribution is -0.117. The molecule has 0 radical (unpaired) electrons. The van der Waals surface area contributed by atoms with Gasteiger partial charge in [-0.15, -0.1) is 0 Å². The Bertz CT molecular complexity index is 1380. The number of amides is 1. The summed E-state index contributed by atoms with van der Waals surface area (Å²) in [4.78, 5) is 45.1. The third kappa shape index (κ3) is 4.55. The van der Waals surface area contributed by atoms with Crippen LogP contribution in [0.2, 0.25) is 0 Å². The highest BCUT2D eigenvalue weighted by molar-refractivity contribution is 7.17. The molecular formula is C26H24N2O7S. The molecule has 0 spiro atoms. The van der Waals surface area contributed by atoms with Gasteiger partial charge in [-0.05, 0) is 50.6 Å². The van der Waals surface area contributed by atoms with E-state index in [4.69, 9.17) is 13.9 Å². The van der Waals surface area contributed by atoms with E-state index in [0.29, 0.717) is 29.4 Å². The maximum absolute atomic E-state index is 13.5. The average molecular weight is 509 g/mol. The smallest absolute Gasteiger partial charge is 0.350 e. The number of thiazole rings is 1. The number of hydrogen-bond donors (Lipinski definition) is 1. The molecule has 1 atom stereocenters. The minimum atomic E-state index is -1.04. The topological polar surface area (TPSA) is 119 Å². The summed E-state index contributed by atoms with van der Waals surface area (Å²) in [7, 11) is 0. The fraction of sp³-hybridized carbons (Fsp3) is 0.231. The summed E-state index contributed by atoms with van der Waals surface area (Å²) in [6, 6.07) is 8.94. The third-order valence-corrected chi connectivity index (χ3v) is 6.55. The molecule has 0 bridgehead atoms. The number of ether oxygens (including phenoxy) is 2. The van der Waals surface area contributed by atoms with Gasteiger partial charge in [0.1, 0.15) is 23.0 Å². The summed E-state index contributed by atoms with van der Waals surface area (Å²) >= 11 is 0.929. The van der Waals surface area contributed by atoms with Crippen LogP contribution in [-0.4, -0.2) is 41.0 Å². The molecule has 1 N–H and O–H groups in total. The van der Waals surface area contributed by atoms with Crippen molar-refractivity contribution in [1.29, 1.82) is 0 Å². The van der Waals surface area contributed by atoms with E-state index < -0.39 is 29.5 Å². The summed E-state index contributed by atoms with van der Waals surface area (Å²) < 4.78 is 16.2. The Balaban J connectivity index is 1.84. The Hall–Kier alpha value is -4.18. The molecule has 0 aliphatic carbocycles. The van der Waals surface area contributed by atoms with E-state index >= 15 is 0 Å². The summed E-state index contributed by atoms with van der Waals surface area (Å²) in [5, 5.41) is 11.0. The molecule has 36 heavy (non-hydrogen) atoms. The lowest BCUT2D eigenvalue weighted by Crippen LogP contribution is -2.31. The summed E-state index contributed by atoms with van der Waals surface area (Å²) in [5.74, 6) is -1.78. The van der Waals surface area contributed by atoms with Crippen LogP contribution in [0, 0.1) is 13.8 Å². The number of furan rings is 1. The van der Waals surface area contributed by atoms with Crippen molar-refractivity contribution < 1.29 is 33.4 Å². The first kappa shape index (κ1) is 24.9. The van der Waals surface area contributed by atoms with Crippen LogP contribution in [0.15, 0.2) is 64.8 Å². The summed E-state index contributed by atoms with van der Waals surface area (Å²) in [6.45, 7) is 9.09. The third-order valence-electron chi connectivity index (χ3n) is 5.41. The van der Waals surface area contributed by atoms with Gasteiger partial charge in [0.25, 0.3) is 5.91 Å². The van der Waals surface area contributed by atoms with E-state index in [1.54, 1.807) is 44.2 Å². The number of aliphatic hydroxyl groups is 1. The molecule has 4 rings (SSSR count). The number of ketones is 1. The number of aromatic nitrogens is 1. The standard InChI is InChI=1S/C26H24N2O7S/c1-5-12-34-25(32)23-15(4)27-26(36-23)28-20(16-8-7-9-17(13-16)33-6-2)19(22(30)24(28)31)21(29)18-11-10-14(3)35-18/h5,7-11,13,20,30H,1,6,12H2,2-4H3. The van der Waals surface area contributed by atoms with E-state index in [1.807, 2.05) is 6.92 Å². The Morgan fingerprint density at radius 3 is 2.72 bits per heavy atom. The van der Waals surface area contributed by atoms with Crippen LogP contribution in [0.5, 0.6) is 5.75 Å². The van der Waals surface area contributed by atoms with Gasteiger partial charge in [-0.1, -0.05) is 36.1 Å². The van der Waals surface area contributed by atoms with E-state index in [0.717, 1.165) is 11.3 Å². The Morgan fingerprint density at radius 2 is 2.06 bits per heavy atom. The second kappa shape index (κ2) is 10.2. The number of Topliss-reactive ketones (excluding diaryl/α,β-unsaturated/α-hetero) is 1. The molecule has 1 aromatic carbocycles. The second-order valence-electron chi connectivity index (χ2n) is 7.88. The first-order valence-corrected chi connectivity index (χ1v) is 11.9. The van der Waals surface area contributed by atoms with Crippen LogP contribution in [-0.2, 0) is 9.53 Å². The van der Waals surface area contributed by atoms with E-state index in [9.17, 15) is 19.5 Å². The van der Waals surface area contributed by atoms with Crippen molar-refractivity contribution in [3.05, 3.63) is 88.0 Å². The zero-order valence-corrected chi connectivity index (χ0v) is 20.8. The monoisotopic (exact) mass is 508 g/mol. The number of carbonyl (C=O) groups is 3. The molecule has 1 unspecified atom stereocenters. The SMILES string of the molecule is C=CCOC(=O)c1sc(N2C(=O)C(O)=C(C(=O)c3ccc(C)o3)C2c2cccc(OCC)c2)nc1C. The molecule has 10 heteroatoms. The molecule has 0 saturated heterocycles. The quantitative estimate of drug-likeness (QED) is 0.247. The van der Waals surface area contributed by atoms with Gasteiger partial charge >= 0.3 is 5.97 Å². The number of aryl methyl sites for hydroxylation is 2. The fourth-order valence-electron chi connectivity index (χ4n) is 3.86. The van der Waals surface area contributed by atoms with Crippen LogP contribution in [0.3, 0.4) is 0 Å². The molecule has 0 fully saturated rings. The largest absolute Gasteiger partial charge is 0.503 e. The maximum Gasteiger partial charge on any atom is 0.350 e. The van der Waals surface area contributed by atoms with Gasteiger partial charge in [0.2, 0.25) is 5.78 Å². The molecule has 186 valence electrons. The Labute approximate surface area is 211 Å². The highest BCUT2D eigenvalue weighted by Crippen LogP contribution is 2.44. The number of nitrogens with zero attached hydrogens (tertiary/aromatic N) is 2. The van der Waals surface area contributed by atoms with Gasteiger partial charge in [-0.3, -0.25) is 14.5 Å². The first-order valence-electron chi connectivity index (χ1n) is 11.1. The van der Waals surface area contributed by atoms with Crippen molar-refractivity contribution in [2.75, 3.05) is 18.1 Å². The van der Waals surface area contributed by atoms with Crippen LogP contribution in [0.4, 0.5) is 5.13 Å². The van der Waals surface area contributed by atoms with Gasteiger partial charge in [-0.2, -0.15) is 0 Å². The predicted octanol–water partition coefficient (Wildman–Crippen LogP) is 4.88. The second-order valence-corrected chi connectivity index (χ2v) is 8.86. The van der Waals surface area contributed by atoms with Crippen molar-refractivity contribution in [2.24, 2.45) is 0 Å². The first-order chi connectivity index (χ1) is 17.3. The molecule has 1 aliphatic rings. The van der Waals surface area contributed by atoms with Crippen molar-refractivity contribution in [3.8, 4) is 5.75 Å². The minimum absolute atomic E-state index is 0.0151. The Kier molecular flexibility index (Phi) is 7.07. The maximum atomic E-state index is 13.5. The molecule has 1 aliphatic heterocycles. The molecule has 3 aromatic rings. The van der Waals surface area contributed by atoms with E-state index in [1.165, 1.54) is 17.0 Å². The van der Waals surface area contributed by atoms with Gasteiger partial charge in [-0.25, -0.2) is 9.78 Å². The lowest BCUT2D eigenvalue weighted by atomic mass is 9.95. The molecule has 3 heterocycles. The van der Waals surface area contributed by atoms with Crippen LogP contribution < -0.4 is 9.64 Å². The molecule has 2 aromatic heterocycles. The highest BCUT2D eigenvalue weighted by atomic mass is 32.1. The number of benzene rings is 1. The number of rotatable bonds is 9. The van der Waals surface area contributed by atoms with Gasteiger partial charge in [0.15, 0.2) is 16.7 Å². The van der Waals surface area contributed by atoms with Crippen molar-refractivity contribution in [2.45, 2.75) is 26.8 Å². The molecule has 0 saturated carbocycles. The summed E-state index contributed by atoms with van der Waals surface area (Å²) in [5.41, 5.74) is 0.694. The lowest BCUT2D eigenvalue weighted by Gasteiger charge is -2.24. The number of anilines is 1. The number of aliphatic hydroxyl groups excluding tert-OH is 1. The molecule has 9 nitrogen and oxygen atoms in total. The van der Waals surface area contributed by atoms with Gasteiger partial charge < -0.3 is 19.0 Å². The normalized spacial score (nSPS) is 15.4. The van der Waals surface area contributed by atoms with Crippen molar-refractivity contribution in [1.82, 2.24) is 4.98 Å². The van der Waals surface area contributed by atoms with E-state index in [2.05, 4.69) is 11.6 Å². The van der Waals surface area contributed by atoms with Crippen LogP contribution in [0.25, 0.3) is 0 Å². The number of esters is 1. The molecular weight excluding hydrogens is 484 g/mol. The van der Waals surface area contributed by atoms with Crippen molar-refractivity contribution >= 4 is 34.1 Å². The minimum Gasteiger partial charge on any atom is -0.503 e. The zero-order chi connectivity index (χ0) is 26.0. The fourth-order valence-corrected chi connectivity index (χ4v) is 4.84. The predicted molar refractivity (Wildman–Crippen MR) is 133 cm³/mol. The number of hydrogen-bond acceptors (Lipinski definition) is 9. The van der Waals surface area contributed by atoms with Gasteiger partial charge in [0, 0.05) is 0 Å². The van der Waals surface area contributed by atoms with Gasteiger partial charge in [0.05, 0.1) is 23.9 Å². The van der Waals surface area contributed by atoms with Crippen LogP contribution in [0.1, 0.15) is 50.2 Å². The Morgan fingerprint density at radius 1 is 1.28 bits per heavy atom. The number of carbonyl (C=O) groups excluding carboxylic acids is 3. The zero-order valence-electron chi connectivity index (χ0n) is 19.9. The van der Waals surface area contributed by atoms with Crippen molar-refractivity contribution in [3.63, 3.8) is 0 Å². The average Bonchev–Trinajstić information content (AvgIpc) is 3.53. The van der Waals surface area contributed by atoms with E-state index in [-0.39, 0.29) is 27.9 Å². The summed E-state index contributed by atoms with van der Waals surface area (Å²) in [6.07, 6.45) is 1.44.